The molecule has 0 amide bonds. The Labute approximate surface area is 130 Å². The average molecular weight is 306 g/mol. The fraction of sp³-hybridized carbons (Fsp3) is 0.438. The SMILES string of the molecule is Cc1nn(C)c(Cl)c1CC(O)c1ccc2c(c1)CCN2C. The maximum Gasteiger partial charge on any atom is 0.130 e. The van der Waals surface area contributed by atoms with Crippen molar-refractivity contribution in [3.63, 3.8) is 0 Å². The van der Waals surface area contributed by atoms with Gasteiger partial charge in [-0.2, -0.15) is 5.10 Å². The molecule has 1 aromatic carbocycles. The van der Waals surface area contributed by atoms with E-state index in [0.717, 1.165) is 29.8 Å². The van der Waals surface area contributed by atoms with E-state index in [1.54, 1.807) is 4.68 Å². The lowest BCUT2D eigenvalue weighted by atomic mass is 9.99. The van der Waals surface area contributed by atoms with Crippen molar-refractivity contribution in [3.8, 4) is 0 Å². The molecule has 1 N–H and O–H groups in total. The number of likely N-dealkylation sites (N-methyl/N-ethyl adjacent to an activating group) is 1. The van der Waals surface area contributed by atoms with Crippen LogP contribution in [-0.4, -0.2) is 28.5 Å². The highest BCUT2D eigenvalue weighted by Gasteiger charge is 2.20. The van der Waals surface area contributed by atoms with Crippen LogP contribution in [0.15, 0.2) is 18.2 Å². The second-order valence-corrected chi connectivity index (χ2v) is 6.12. The van der Waals surface area contributed by atoms with Gasteiger partial charge in [-0.1, -0.05) is 23.7 Å². The van der Waals surface area contributed by atoms with Gasteiger partial charge >= 0.3 is 0 Å². The van der Waals surface area contributed by atoms with Crippen LogP contribution in [-0.2, 0) is 19.9 Å². The van der Waals surface area contributed by atoms with Crippen LogP contribution in [0.3, 0.4) is 0 Å². The van der Waals surface area contributed by atoms with Crippen molar-refractivity contribution in [1.82, 2.24) is 9.78 Å². The first-order chi connectivity index (χ1) is 9.97. The zero-order valence-electron chi connectivity index (χ0n) is 12.6. The smallest absolute Gasteiger partial charge is 0.130 e. The number of aromatic nitrogens is 2. The van der Waals surface area contributed by atoms with E-state index in [4.69, 9.17) is 11.6 Å². The molecule has 1 aromatic heterocycles. The summed E-state index contributed by atoms with van der Waals surface area (Å²) in [7, 11) is 3.91. The molecular weight excluding hydrogens is 286 g/mol. The fourth-order valence-electron chi connectivity index (χ4n) is 3.01. The predicted molar refractivity (Wildman–Crippen MR) is 85.0 cm³/mol. The summed E-state index contributed by atoms with van der Waals surface area (Å²) in [4.78, 5) is 2.24. The van der Waals surface area contributed by atoms with Crippen molar-refractivity contribution in [3.05, 3.63) is 45.7 Å². The Balaban J connectivity index is 1.84. The van der Waals surface area contributed by atoms with Crippen molar-refractivity contribution < 1.29 is 5.11 Å². The number of hydrogen-bond acceptors (Lipinski definition) is 3. The molecule has 0 radical (unpaired) electrons. The van der Waals surface area contributed by atoms with Crippen LogP contribution >= 0.6 is 11.6 Å². The number of anilines is 1. The van der Waals surface area contributed by atoms with Gasteiger partial charge in [-0.3, -0.25) is 4.68 Å². The summed E-state index contributed by atoms with van der Waals surface area (Å²) < 4.78 is 1.65. The number of aryl methyl sites for hydroxylation is 2. The van der Waals surface area contributed by atoms with Crippen molar-refractivity contribution in [2.24, 2.45) is 7.05 Å². The number of aliphatic hydroxyl groups is 1. The summed E-state index contributed by atoms with van der Waals surface area (Å²) in [6.07, 6.45) is 0.980. The van der Waals surface area contributed by atoms with E-state index in [1.165, 1.54) is 11.3 Å². The average Bonchev–Trinajstić information content (AvgIpc) is 2.94. The third-order valence-corrected chi connectivity index (χ3v) is 4.76. The third kappa shape index (κ3) is 2.54. The van der Waals surface area contributed by atoms with E-state index in [2.05, 4.69) is 29.2 Å². The third-order valence-electron chi connectivity index (χ3n) is 4.28. The van der Waals surface area contributed by atoms with E-state index < -0.39 is 6.10 Å². The lowest BCUT2D eigenvalue weighted by Gasteiger charge is -2.15. The highest BCUT2D eigenvalue weighted by atomic mass is 35.5. The Morgan fingerprint density at radius 1 is 1.38 bits per heavy atom. The van der Waals surface area contributed by atoms with Gasteiger partial charge < -0.3 is 10.0 Å². The minimum Gasteiger partial charge on any atom is -0.388 e. The lowest BCUT2D eigenvalue weighted by Crippen LogP contribution is -2.12. The molecule has 0 bridgehead atoms. The molecule has 0 spiro atoms. The lowest BCUT2D eigenvalue weighted by molar-refractivity contribution is 0.178. The normalized spacial score (nSPS) is 15.4. The van der Waals surface area contributed by atoms with Gasteiger partial charge in [0.15, 0.2) is 0 Å². The van der Waals surface area contributed by atoms with Gasteiger partial charge in [0.05, 0.1) is 11.8 Å². The Kier molecular flexibility index (Phi) is 3.68. The quantitative estimate of drug-likeness (QED) is 0.948. The van der Waals surface area contributed by atoms with Crippen LogP contribution < -0.4 is 4.90 Å². The largest absolute Gasteiger partial charge is 0.388 e. The van der Waals surface area contributed by atoms with Gasteiger partial charge in [0.2, 0.25) is 0 Å². The molecule has 1 unspecified atom stereocenters. The second-order valence-electron chi connectivity index (χ2n) is 5.76. The monoisotopic (exact) mass is 305 g/mol. The maximum atomic E-state index is 10.5. The molecule has 0 saturated heterocycles. The predicted octanol–water partition coefficient (Wildman–Crippen LogP) is 2.65. The molecule has 1 aliphatic heterocycles. The molecule has 2 heterocycles. The van der Waals surface area contributed by atoms with Crippen LogP contribution in [0, 0.1) is 6.92 Å². The van der Waals surface area contributed by atoms with Crippen molar-refractivity contribution in [2.45, 2.75) is 25.9 Å². The van der Waals surface area contributed by atoms with E-state index in [0.29, 0.717) is 11.6 Å². The van der Waals surface area contributed by atoms with E-state index in [1.807, 2.05) is 20.0 Å². The number of nitrogens with zero attached hydrogens (tertiary/aromatic N) is 3. The zero-order chi connectivity index (χ0) is 15.1. The Morgan fingerprint density at radius 3 is 2.81 bits per heavy atom. The van der Waals surface area contributed by atoms with Crippen LogP contribution in [0.25, 0.3) is 0 Å². The molecule has 0 saturated carbocycles. The van der Waals surface area contributed by atoms with Crippen molar-refractivity contribution >= 4 is 17.3 Å². The van der Waals surface area contributed by atoms with Crippen LogP contribution in [0.2, 0.25) is 5.15 Å². The standard InChI is InChI=1S/C16H20ClN3O/c1-10-13(16(17)20(3)18-10)9-15(21)12-4-5-14-11(8-12)6-7-19(14)2/h4-5,8,15,21H,6-7,9H2,1-3H3. The molecule has 112 valence electrons. The number of rotatable bonds is 3. The first-order valence-corrected chi connectivity index (χ1v) is 7.55. The summed E-state index contributed by atoms with van der Waals surface area (Å²) in [6, 6.07) is 6.21. The minimum absolute atomic E-state index is 0.493. The Morgan fingerprint density at radius 2 is 2.14 bits per heavy atom. The van der Waals surface area contributed by atoms with Gasteiger partial charge in [0, 0.05) is 38.3 Å². The van der Waals surface area contributed by atoms with Crippen molar-refractivity contribution in [1.29, 1.82) is 0 Å². The second kappa shape index (κ2) is 5.35. The summed E-state index contributed by atoms with van der Waals surface area (Å²) in [6.45, 7) is 2.97. The van der Waals surface area contributed by atoms with Crippen molar-refractivity contribution in [2.75, 3.05) is 18.5 Å². The first-order valence-electron chi connectivity index (χ1n) is 7.17. The molecule has 2 aromatic rings. The van der Waals surface area contributed by atoms with Gasteiger partial charge in [-0.25, -0.2) is 0 Å². The van der Waals surface area contributed by atoms with Crippen LogP contribution in [0.1, 0.15) is 28.5 Å². The summed E-state index contributed by atoms with van der Waals surface area (Å²) in [5.74, 6) is 0. The van der Waals surface area contributed by atoms with E-state index in [9.17, 15) is 5.11 Å². The Bertz CT molecular complexity index is 680. The van der Waals surface area contributed by atoms with Crippen LogP contribution in [0.4, 0.5) is 5.69 Å². The fourth-order valence-corrected chi connectivity index (χ4v) is 3.26. The summed E-state index contributed by atoms with van der Waals surface area (Å²) in [5.41, 5.74) is 5.32. The van der Waals surface area contributed by atoms with E-state index in [-0.39, 0.29) is 0 Å². The summed E-state index contributed by atoms with van der Waals surface area (Å²) in [5, 5.41) is 15.4. The molecule has 4 nitrogen and oxygen atoms in total. The van der Waals surface area contributed by atoms with Crippen LogP contribution in [0.5, 0.6) is 0 Å². The molecular formula is C16H20ClN3O. The van der Waals surface area contributed by atoms with E-state index >= 15 is 0 Å². The molecule has 0 aliphatic carbocycles. The minimum atomic E-state index is -0.554. The highest BCUT2D eigenvalue weighted by Crippen LogP contribution is 2.31. The van der Waals surface area contributed by atoms with Gasteiger partial charge in [-0.05, 0) is 30.5 Å². The first kappa shape index (κ1) is 14.4. The molecule has 1 aliphatic rings. The highest BCUT2D eigenvalue weighted by molar-refractivity contribution is 6.30. The van der Waals surface area contributed by atoms with Gasteiger partial charge in [0.25, 0.3) is 0 Å². The number of hydrogen-bond donors (Lipinski definition) is 1. The molecule has 21 heavy (non-hydrogen) atoms. The number of fused-ring (bicyclic) bond motifs is 1. The van der Waals surface area contributed by atoms with Gasteiger partial charge in [-0.15, -0.1) is 0 Å². The summed E-state index contributed by atoms with van der Waals surface area (Å²) >= 11 is 6.24. The molecule has 3 rings (SSSR count). The number of aliphatic hydroxyl groups excluding tert-OH is 1. The Hall–Kier alpha value is -1.52. The number of benzene rings is 1. The maximum absolute atomic E-state index is 10.5. The van der Waals surface area contributed by atoms with Gasteiger partial charge in [0.1, 0.15) is 5.15 Å². The molecule has 1 atom stereocenters. The number of halogens is 1. The molecule has 5 heteroatoms. The zero-order valence-corrected chi connectivity index (χ0v) is 13.4. The topological polar surface area (TPSA) is 41.3 Å². The molecule has 0 fully saturated rings.